The Morgan fingerprint density at radius 2 is 1.85 bits per heavy atom. The maximum atomic E-state index is 11.5. The summed E-state index contributed by atoms with van der Waals surface area (Å²) in [5.41, 5.74) is 7.24. The fourth-order valence-electron chi connectivity index (χ4n) is 1.78. The standard InChI is InChI=1S/C16H26N2O2/c1-16(2,3)20-15(19)6-4-5-11-18-12-13-7-9-14(17)10-8-13/h7-10,18H,4-6,11-12,17H2,1-3H3. The van der Waals surface area contributed by atoms with E-state index in [1.807, 2.05) is 45.0 Å². The van der Waals surface area contributed by atoms with Gasteiger partial charge in [0.2, 0.25) is 0 Å². The molecule has 0 aliphatic carbocycles. The van der Waals surface area contributed by atoms with Crippen LogP contribution in [0.4, 0.5) is 5.69 Å². The van der Waals surface area contributed by atoms with Crippen LogP contribution < -0.4 is 11.1 Å². The summed E-state index contributed by atoms with van der Waals surface area (Å²) in [7, 11) is 0. The molecule has 0 saturated carbocycles. The van der Waals surface area contributed by atoms with Crippen molar-refractivity contribution in [2.75, 3.05) is 12.3 Å². The number of hydrogen-bond donors (Lipinski definition) is 2. The van der Waals surface area contributed by atoms with Crippen molar-refractivity contribution in [2.45, 2.75) is 52.2 Å². The van der Waals surface area contributed by atoms with Crippen molar-refractivity contribution in [2.24, 2.45) is 0 Å². The number of nitrogen functional groups attached to an aromatic ring is 1. The topological polar surface area (TPSA) is 64.3 Å². The van der Waals surface area contributed by atoms with Gasteiger partial charge in [0.25, 0.3) is 0 Å². The van der Waals surface area contributed by atoms with Crippen LogP contribution in [-0.2, 0) is 16.1 Å². The van der Waals surface area contributed by atoms with Crippen LogP contribution in [0.15, 0.2) is 24.3 Å². The summed E-state index contributed by atoms with van der Waals surface area (Å²) in [6, 6.07) is 7.84. The van der Waals surface area contributed by atoms with Gasteiger partial charge in [-0.25, -0.2) is 0 Å². The van der Waals surface area contributed by atoms with Gasteiger partial charge in [-0.1, -0.05) is 12.1 Å². The molecule has 0 unspecified atom stereocenters. The number of hydrogen-bond acceptors (Lipinski definition) is 4. The summed E-state index contributed by atoms with van der Waals surface area (Å²) in [4.78, 5) is 11.5. The van der Waals surface area contributed by atoms with Crippen LogP contribution >= 0.6 is 0 Å². The molecule has 0 spiro atoms. The van der Waals surface area contributed by atoms with E-state index >= 15 is 0 Å². The zero-order valence-electron chi connectivity index (χ0n) is 12.7. The van der Waals surface area contributed by atoms with Crippen LogP contribution in [0.2, 0.25) is 0 Å². The first-order chi connectivity index (χ1) is 9.37. The van der Waals surface area contributed by atoms with E-state index in [4.69, 9.17) is 10.5 Å². The summed E-state index contributed by atoms with van der Waals surface area (Å²) in [6.07, 6.45) is 2.30. The maximum Gasteiger partial charge on any atom is 0.306 e. The third-order valence-corrected chi connectivity index (χ3v) is 2.71. The number of rotatable bonds is 7. The lowest BCUT2D eigenvalue weighted by Gasteiger charge is -2.19. The van der Waals surface area contributed by atoms with Gasteiger partial charge in [0, 0.05) is 18.7 Å². The molecule has 0 bridgehead atoms. The van der Waals surface area contributed by atoms with E-state index in [2.05, 4.69) is 5.32 Å². The number of benzene rings is 1. The number of esters is 1. The molecule has 0 fully saturated rings. The lowest BCUT2D eigenvalue weighted by atomic mass is 10.2. The summed E-state index contributed by atoms with van der Waals surface area (Å²) in [6.45, 7) is 7.39. The van der Waals surface area contributed by atoms with Crippen molar-refractivity contribution >= 4 is 11.7 Å². The minimum Gasteiger partial charge on any atom is -0.460 e. The van der Waals surface area contributed by atoms with Gasteiger partial charge in [-0.3, -0.25) is 4.79 Å². The van der Waals surface area contributed by atoms with Gasteiger partial charge in [-0.05, 0) is 57.9 Å². The number of carbonyl (C=O) groups excluding carboxylic acids is 1. The molecule has 0 heterocycles. The molecular formula is C16H26N2O2. The summed E-state index contributed by atoms with van der Waals surface area (Å²) >= 11 is 0. The second-order valence-corrected chi connectivity index (χ2v) is 5.96. The number of ether oxygens (including phenoxy) is 1. The van der Waals surface area contributed by atoms with Crippen molar-refractivity contribution in [3.05, 3.63) is 29.8 Å². The quantitative estimate of drug-likeness (QED) is 0.457. The number of unbranched alkanes of at least 4 members (excludes halogenated alkanes) is 1. The van der Waals surface area contributed by atoms with Crippen LogP contribution in [0.5, 0.6) is 0 Å². The minimum atomic E-state index is -0.384. The van der Waals surface area contributed by atoms with Crippen molar-refractivity contribution in [1.29, 1.82) is 0 Å². The predicted octanol–water partition coefficient (Wildman–Crippen LogP) is 2.87. The second-order valence-electron chi connectivity index (χ2n) is 5.96. The summed E-state index contributed by atoms with van der Waals surface area (Å²) < 4.78 is 5.25. The molecule has 20 heavy (non-hydrogen) atoms. The molecule has 0 atom stereocenters. The largest absolute Gasteiger partial charge is 0.460 e. The SMILES string of the molecule is CC(C)(C)OC(=O)CCCCNCc1ccc(N)cc1. The highest BCUT2D eigenvalue weighted by atomic mass is 16.6. The molecule has 0 radical (unpaired) electrons. The van der Waals surface area contributed by atoms with Gasteiger partial charge in [-0.2, -0.15) is 0 Å². The Kier molecular flexibility index (Phi) is 6.52. The Balaban J connectivity index is 2.05. The first-order valence-corrected chi connectivity index (χ1v) is 7.14. The molecule has 1 aromatic carbocycles. The molecule has 0 saturated heterocycles. The van der Waals surface area contributed by atoms with Crippen LogP contribution in [0, 0.1) is 0 Å². The highest BCUT2D eigenvalue weighted by molar-refractivity contribution is 5.69. The molecule has 1 aromatic rings. The van der Waals surface area contributed by atoms with Crippen LogP contribution in [0.3, 0.4) is 0 Å². The first kappa shape index (κ1) is 16.5. The molecule has 0 aliphatic heterocycles. The predicted molar refractivity (Wildman–Crippen MR) is 82.3 cm³/mol. The average molecular weight is 278 g/mol. The fraction of sp³-hybridized carbons (Fsp3) is 0.562. The zero-order chi connectivity index (χ0) is 15.0. The van der Waals surface area contributed by atoms with E-state index in [0.717, 1.165) is 31.6 Å². The van der Waals surface area contributed by atoms with E-state index in [0.29, 0.717) is 6.42 Å². The van der Waals surface area contributed by atoms with Crippen LogP contribution in [0.25, 0.3) is 0 Å². The second kappa shape index (κ2) is 7.90. The van der Waals surface area contributed by atoms with Gasteiger partial charge < -0.3 is 15.8 Å². The van der Waals surface area contributed by atoms with E-state index in [1.165, 1.54) is 5.56 Å². The summed E-state index contributed by atoms with van der Waals surface area (Å²) in [5.74, 6) is -0.115. The van der Waals surface area contributed by atoms with Crippen molar-refractivity contribution in [1.82, 2.24) is 5.32 Å². The summed E-state index contributed by atoms with van der Waals surface area (Å²) in [5, 5.41) is 3.35. The zero-order valence-corrected chi connectivity index (χ0v) is 12.7. The molecule has 4 nitrogen and oxygen atoms in total. The Bertz CT molecular complexity index is 407. The van der Waals surface area contributed by atoms with Crippen LogP contribution in [-0.4, -0.2) is 18.1 Å². The van der Waals surface area contributed by atoms with Crippen molar-refractivity contribution < 1.29 is 9.53 Å². The van der Waals surface area contributed by atoms with Gasteiger partial charge in [0.1, 0.15) is 5.60 Å². The lowest BCUT2D eigenvalue weighted by Crippen LogP contribution is -2.23. The number of nitrogens with one attached hydrogen (secondary N) is 1. The van der Waals surface area contributed by atoms with Crippen molar-refractivity contribution in [3.63, 3.8) is 0 Å². The van der Waals surface area contributed by atoms with Gasteiger partial charge in [0.05, 0.1) is 0 Å². The van der Waals surface area contributed by atoms with E-state index < -0.39 is 0 Å². The Hall–Kier alpha value is -1.55. The van der Waals surface area contributed by atoms with Crippen LogP contribution in [0.1, 0.15) is 45.6 Å². The molecule has 4 heteroatoms. The molecule has 0 amide bonds. The van der Waals surface area contributed by atoms with E-state index in [9.17, 15) is 4.79 Å². The number of carbonyl (C=O) groups is 1. The molecule has 0 aromatic heterocycles. The number of anilines is 1. The number of nitrogens with two attached hydrogens (primary N) is 1. The Morgan fingerprint density at radius 3 is 2.45 bits per heavy atom. The molecule has 0 aliphatic rings. The molecule has 3 N–H and O–H groups in total. The molecule has 112 valence electrons. The fourth-order valence-corrected chi connectivity index (χ4v) is 1.78. The average Bonchev–Trinajstić information content (AvgIpc) is 2.33. The normalized spacial score (nSPS) is 11.3. The molecule has 1 rings (SSSR count). The Labute approximate surface area is 121 Å². The highest BCUT2D eigenvalue weighted by Crippen LogP contribution is 2.09. The van der Waals surface area contributed by atoms with E-state index in [1.54, 1.807) is 0 Å². The molecular weight excluding hydrogens is 252 g/mol. The maximum absolute atomic E-state index is 11.5. The highest BCUT2D eigenvalue weighted by Gasteiger charge is 2.15. The van der Waals surface area contributed by atoms with Gasteiger partial charge in [0.15, 0.2) is 0 Å². The minimum absolute atomic E-state index is 0.115. The third kappa shape index (κ3) is 7.79. The van der Waals surface area contributed by atoms with Crippen molar-refractivity contribution in [3.8, 4) is 0 Å². The smallest absolute Gasteiger partial charge is 0.306 e. The van der Waals surface area contributed by atoms with Gasteiger partial charge >= 0.3 is 5.97 Å². The van der Waals surface area contributed by atoms with E-state index in [-0.39, 0.29) is 11.6 Å². The van der Waals surface area contributed by atoms with Gasteiger partial charge in [-0.15, -0.1) is 0 Å². The first-order valence-electron chi connectivity index (χ1n) is 7.14. The Morgan fingerprint density at radius 1 is 1.20 bits per heavy atom. The monoisotopic (exact) mass is 278 g/mol. The third-order valence-electron chi connectivity index (χ3n) is 2.71. The lowest BCUT2D eigenvalue weighted by molar-refractivity contribution is -0.154.